The summed E-state index contributed by atoms with van der Waals surface area (Å²) in [6, 6.07) is 43.6. The van der Waals surface area contributed by atoms with Gasteiger partial charge >= 0.3 is 26.2 Å². The van der Waals surface area contributed by atoms with Crippen molar-refractivity contribution in [1.29, 1.82) is 0 Å². The number of halogens is 2. The zero-order valence-corrected chi connectivity index (χ0v) is 28.6. The monoisotopic (exact) mass is 664 g/mol. The molecule has 4 heteroatoms. The summed E-state index contributed by atoms with van der Waals surface area (Å²) in [4.78, 5) is 0. The van der Waals surface area contributed by atoms with Gasteiger partial charge in [0.2, 0.25) is 0 Å². The summed E-state index contributed by atoms with van der Waals surface area (Å²) in [5.74, 6) is 0. The molecule has 0 aliphatic rings. The number of benzene rings is 5. The molecule has 7 aromatic carbocycles. The maximum absolute atomic E-state index is 2.63. The van der Waals surface area contributed by atoms with E-state index in [9.17, 15) is 0 Å². The first-order valence-corrected chi connectivity index (χ1v) is 16.4. The van der Waals surface area contributed by atoms with Crippen molar-refractivity contribution in [3.63, 3.8) is 0 Å². The van der Waals surface area contributed by atoms with Gasteiger partial charge in [-0.2, -0.15) is 10.4 Å². The summed E-state index contributed by atoms with van der Waals surface area (Å²) in [7, 11) is -2.47. The minimum Gasteiger partial charge on any atom is -1.00 e. The Morgan fingerprint density at radius 3 is 1.39 bits per heavy atom. The van der Waals surface area contributed by atoms with Crippen molar-refractivity contribution in [2.45, 2.75) is 33.2 Å². The second kappa shape index (κ2) is 12.4. The van der Waals surface area contributed by atoms with Crippen LogP contribution in [-0.2, 0) is 39.0 Å². The molecule has 7 aromatic rings. The molecule has 0 atom stereocenters. The van der Waals surface area contributed by atoms with Crippen LogP contribution in [0.3, 0.4) is 0 Å². The SMILES string of the molecule is CCc1[cH-]c2ccc3ccccc3c2c1[Si](C)(c1ccccc1)c1c(CC)[cH-]c2ccc3ccccc3c12.[Cl-].[Cl-].[Zr+4]. The summed E-state index contributed by atoms with van der Waals surface area (Å²) in [5.41, 5.74) is 3.01. The van der Waals surface area contributed by atoms with Gasteiger partial charge in [-0.25, -0.2) is 0 Å². The van der Waals surface area contributed by atoms with Gasteiger partial charge in [-0.1, -0.05) is 127 Å². The average Bonchev–Trinajstić information content (AvgIpc) is 3.57. The van der Waals surface area contributed by atoms with E-state index in [1.807, 2.05) is 0 Å². The molecule has 0 radical (unpaired) electrons. The molecule has 202 valence electrons. The molecule has 0 aromatic heterocycles. The van der Waals surface area contributed by atoms with Crippen LogP contribution in [-0.4, -0.2) is 8.07 Å². The number of aryl methyl sites for hydroxylation is 2. The van der Waals surface area contributed by atoms with Crippen molar-refractivity contribution in [3.05, 3.63) is 126 Å². The van der Waals surface area contributed by atoms with E-state index < -0.39 is 8.07 Å². The maximum Gasteiger partial charge on any atom is 4.00 e. The quantitative estimate of drug-likeness (QED) is 0.195. The van der Waals surface area contributed by atoms with Gasteiger partial charge in [0.1, 0.15) is 0 Å². The molecular formula is C37H32Cl2SiZr. The summed E-state index contributed by atoms with van der Waals surface area (Å²) in [6.45, 7) is 7.30. The van der Waals surface area contributed by atoms with Gasteiger partial charge in [0.05, 0.1) is 0 Å². The molecular weight excluding hydrogens is 635 g/mol. The van der Waals surface area contributed by atoms with Gasteiger partial charge in [-0.05, 0) is 23.6 Å². The van der Waals surface area contributed by atoms with Crippen molar-refractivity contribution >= 4 is 66.7 Å². The van der Waals surface area contributed by atoms with Crippen molar-refractivity contribution in [2.24, 2.45) is 0 Å². The van der Waals surface area contributed by atoms with Crippen LogP contribution in [0.25, 0.3) is 43.1 Å². The third-order valence-corrected chi connectivity index (χ3v) is 13.5. The van der Waals surface area contributed by atoms with Gasteiger partial charge in [0.25, 0.3) is 0 Å². The van der Waals surface area contributed by atoms with E-state index in [4.69, 9.17) is 0 Å². The van der Waals surface area contributed by atoms with Crippen LogP contribution < -0.4 is 40.4 Å². The number of hydrogen-bond acceptors (Lipinski definition) is 0. The second-order valence-corrected chi connectivity index (χ2v) is 14.6. The van der Waals surface area contributed by atoms with Crippen molar-refractivity contribution < 1.29 is 51.0 Å². The molecule has 0 fully saturated rings. The molecule has 0 unspecified atom stereocenters. The van der Waals surface area contributed by atoms with Gasteiger partial charge in [0, 0.05) is 8.07 Å². The Kier molecular flexibility index (Phi) is 9.52. The Labute approximate surface area is 275 Å². The normalized spacial score (nSPS) is 11.4. The fourth-order valence-electron chi connectivity index (χ4n) is 7.10. The minimum atomic E-state index is -2.47. The molecule has 0 saturated heterocycles. The fraction of sp³-hybridized carbons (Fsp3) is 0.135. The van der Waals surface area contributed by atoms with Crippen LogP contribution in [0.1, 0.15) is 25.0 Å². The number of fused-ring (bicyclic) bond motifs is 6. The van der Waals surface area contributed by atoms with E-state index in [1.165, 1.54) is 59.4 Å². The first kappa shape index (κ1) is 31.5. The molecule has 0 aliphatic carbocycles. The Morgan fingerprint density at radius 1 is 0.537 bits per heavy atom. The topological polar surface area (TPSA) is 0 Å². The van der Waals surface area contributed by atoms with Gasteiger partial charge in [-0.3, -0.25) is 0 Å². The predicted octanol–water partition coefficient (Wildman–Crippen LogP) is 1.97. The Hall–Kier alpha value is -2.48. The molecule has 0 bridgehead atoms. The van der Waals surface area contributed by atoms with E-state index in [2.05, 4.69) is 136 Å². The first-order chi connectivity index (χ1) is 18.6. The van der Waals surface area contributed by atoms with E-state index in [-0.39, 0.29) is 51.0 Å². The summed E-state index contributed by atoms with van der Waals surface area (Å²) in [5, 5.41) is 15.8. The Bertz CT molecular complexity index is 1840. The van der Waals surface area contributed by atoms with Crippen LogP contribution in [0.5, 0.6) is 0 Å². The van der Waals surface area contributed by atoms with Gasteiger partial charge in [-0.15, -0.1) is 56.9 Å². The van der Waals surface area contributed by atoms with Crippen LogP contribution >= 0.6 is 0 Å². The molecule has 0 nitrogen and oxygen atoms in total. The van der Waals surface area contributed by atoms with Gasteiger partial charge in [0.15, 0.2) is 0 Å². The largest absolute Gasteiger partial charge is 4.00 e. The molecule has 0 aliphatic heterocycles. The molecule has 0 amide bonds. The molecule has 41 heavy (non-hydrogen) atoms. The third kappa shape index (κ3) is 4.78. The first-order valence-electron chi connectivity index (χ1n) is 13.9. The molecule has 0 saturated carbocycles. The molecule has 7 rings (SSSR count). The molecule has 0 heterocycles. The van der Waals surface area contributed by atoms with Crippen LogP contribution in [0, 0.1) is 0 Å². The van der Waals surface area contributed by atoms with E-state index >= 15 is 0 Å². The Balaban J connectivity index is 0.00000129. The maximum atomic E-state index is 2.63. The summed E-state index contributed by atoms with van der Waals surface area (Å²) in [6.07, 6.45) is 2.07. The zero-order chi connectivity index (χ0) is 25.9. The third-order valence-electron chi connectivity index (χ3n) is 8.84. The minimum absolute atomic E-state index is 0. The average molecular weight is 667 g/mol. The summed E-state index contributed by atoms with van der Waals surface area (Å²) >= 11 is 0. The Morgan fingerprint density at radius 2 is 0.951 bits per heavy atom. The summed E-state index contributed by atoms with van der Waals surface area (Å²) < 4.78 is 0. The van der Waals surface area contributed by atoms with E-state index in [1.54, 1.807) is 10.4 Å². The fourth-order valence-corrected chi connectivity index (χ4v) is 12.1. The molecule has 0 spiro atoms. The van der Waals surface area contributed by atoms with E-state index in [0.29, 0.717) is 0 Å². The van der Waals surface area contributed by atoms with Crippen LogP contribution in [0.15, 0.2) is 115 Å². The van der Waals surface area contributed by atoms with E-state index in [0.717, 1.165) is 12.8 Å². The molecule has 0 N–H and O–H groups in total. The van der Waals surface area contributed by atoms with Crippen LogP contribution in [0.4, 0.5) is 0 Å². The predicted molar refractivity (Wildman–Crippen MR) is 170 cm³/mol. The smallest absolute Gasteiger partial charge is 1.00 e. The van der Waals surface area contributed by atoms with Crippen molar-refractivity contribution in [1.82, 2.24) is 0 Å². The van der Waals surface area contributed by atoms with Gasteiger partial charge < -0.3 is 24.8 Å². The number of hydrogen-bond donors (Lipinski definition) is 0. The standard InChI is InChI=1S/C37H32Si.2ClH.Zr/c1-4-25-23-29-21-19-27-13-9-11-17-32(27)34(29)36(25)38(3,31-15-7-6-8-16-31)37-26(5-2)24-30-22-20-28-14-10-12-18-33(28)35(30)37;;;/h6-24H,4-5H2,1-3H3;2*1H;/q-2;;;+4/p-2. The van der Waals surface area contributed by atoms with Crippen molar-refractivity contribution in [3.8, 4) is 0 Å². The van der Waals surface area contributed by atoms with Crippen LogP contribution in [0.2, 0.25) is 6.55 Å². The zero-order valence-electron chi connectivity index (χ0n) is 23.6. The van der Waals surface area contributed by atoms with Crippen molar-refractivity contribution in [2.75, 3.05) is 0 Å². The second-order valence-electron chi connectivity index (χ2n) is 10.8. The number of rotatable bonds is 5.